The van der Waals surface area contributed by atoms with Crippen LogP contribution in [0.1, 0.15) is 30.4 Å². The first-order valence-electron chi connectivity index (χ1n) is 9.25. The molecular weight excluding hydrogens is 348 g/mol. The van der Waals surface area contributed by atoms with Gasteiger partial charge in [-0.1, -0.05) is 11.2 Å². The first-order chi connectivity index (χ1) is 13.1. The number of phenolic OH excluding ortho intramolecular Hbond substituents is 1. The quantitative estimate of drug-likeness (QED) is 0.496. The monoisotopic (exact) mass is 372 g/mol. The molecule has 1 heterocycles. The van der Waals surface area contributed by atoms with Crippen LogP contribution in [0.5, 0.6) is 11.5 Å². The molecule has 4 atom stereocenters. The maximum absolute atomic E-state index is 12.8. The Kier molecular flexibility index (Phi) is 4.50. The second kappa shape index (κ2) is 6.71. The standard InChI is InChI=1S/C19H24N4O4/c1-26-15-4-3-11-7-13-12-8-16(27-2)14(24)9-19(12,17(11)18(15)25)5-6-23(13)10-21-22-20/h3-4,12-13,16,25H,5-10H2,1-2H3/t12-,13+,16?,19-/m1/s1. The Morgan fingerprint density at radius 1 is 1.44 bits per heavy atom. The molecule has 2 aliphatic carbocycles. The van der Waals surface area contributed by atoms with Gasteiger partial charge in [0.1, 0.15) is 6.10 Å². The summed E-state index contributed by atoms with van der Waals surface area (Å²) < 4.78 is 10.8. The van der Waals surface area contributed by atoms with Crippen molar-refractivity contribution >= 4 is 5.78 Å². The average Bonchev–Trinajstić information content (AvgIpc) is 2.66. The van der Waals surface area contributed by atoms with Crippen LogP contribution in [0.2, 0.25) is 0 Å². The van der Waals surface area contributed by atoms with Gasteiger partial charge in [-0.05, 0) is 48.9 Å². The molecule has 0 spiro atoms. The van der Waals surface area contributed by atoms with Crippen LogP contribution in [0.3, 0.4) is 0 Å². The van der Waals surface area contributed by atoms with Crippen LogP contribution in [0.4, 0.5) is 0 Å². The Hall–Kier alpha value is -2.28. The van der Waals surface area contributed by atoms with Crippen molar-refractivity contribution in [3.05, 3.63) is 33.7 Å². The number of ether oxygens (including phenoxy) is 2. The van der Waals surface area contributed by atoms with Crippen LogP contribution in [0.25, 0.3) is 10.4 Å². The lowest BCUT2D eigenvalue weighted by atomic mass is 9.51. The number of hydrogen-bond donors (Lipinski definition) is 1. The molecule has 3 aliphatic rings. The number of phenols is 1. The van der Waals surface area contributed by atoms with E-state index in [1.165, 1.54) is 7.11 Å². The van der Waals surface area contributed by atoms with Crippen molar-refractivity contribution < 1.29 is 19.4 Å². The van der Waals surface area contributed by atoms with E-state index < -0.39 is 11.5 Å². The molecule has 1 aromatic carbocycles. The lowest BCUT2D eigenvalue weighted by Crippen LogP contribution is -2.63. The van der Waals surface area contributed by atoms with Gasteiger partial charge in [0, 0.05) is 35.5 Å². The van der Waals surface area contributed by atoms with E-state index >= 15 is 0 Å². The first-order valence-corrected chi connectivity index (χ1v) is 9.25. The van der Waals surface area contributed by atoms with Crippen LogP contribution >= 0.6 is 0 Å². The molecule has 1 aromatic rings. The van der Waals surface area contributed by atoms with Crippen molar-refractivity contribution in [3.8, 4) is 11.5 Å². The number of ketones is 1. The number of aromatic hydroxyl groups is 1. The molecule has 4 rings (SSSR count). The summed E-state index contributed by atoms with van der Waals surface area (Å²) in [7, 11) is 3.11. The van der Waals surface area contributed by atoms with E-state index in [0.717, 1.165) is 30.5 Å². The predicted octanol–water partition coefficient (Wildman–Crippen LogP) is 2.53. The van der Waals surface area contributed by atoms with Crippen LogP contribution in [0, 0.1) is 5.92 Å². The summed E-state index contributed by atoms with van der Waals surface area (Å²) in [5.41, 5.74) is 10.2. The van der Waals surface area contributed by atoms with Crippen molar-refractivity contribution in [1.29, 1.82) is 0 Å². The van der Waals surface area contributed by atoms with Crippen LogP contribution < -0.4 is 4.74 Å². The Morgan fingerprint density at radius 3 is 2.96 bits per heavy atom. The second-order valence-corrected chi connectivity index (χ2v) is 7.72. The molecule has 2 fully saturated rings. The molecule has 8 nitrogen and oxygen atoms in total. The Balaban J connectivity index is 1.86. The third kappa shape index (κ3) is 2.59. The highest BCUT2D eigenvalue weighted by atomic mass is 16.5. The van der Waals surface area contributed by atoms with Gasteiger partial charge in [-0.15, -0.1) is 0 Å². The van der Waals surface area contributed by atoms with Crippen LogP contribution in [0.15, 0.2) is 17.2 Å². The number of benzene rings is 1. The number of hydrogen-bond acceptors (Lipinski definition) is 6. The summed E-state index contributed by atoms with van der Waals surface area (Å²) in [6.45, 7) is 1.04. The zero-order valence-electron chi connectivity index (χ0n) is 15.6. The Labute approximate surface area is 157 Å². The van der Waals surface area contributed by atoms with Gasteiger partial charge in [-0.3, -0.25) is 9.69 Å². The molecule has 1 aliphatic heterocycles. The summed E-state index contributed by atoms with van der Waals surface area (Å²) in [6, 6.07) is 3.92. The van der Waals surface area contributed by atoms with E-state index in [0.29, 0.717) is 25.3 Å². The summed E-state index contributed by atoms with van der Waals surface area (Å²) in [4.78, 5) is 17.9. The summed E-state index contributed by atoms with van der Waals surface area (Å²) in [5, 5.41) is 14.7. The minimum atomic E-state index is -0.421. The van der Waals surface area contributed by atoms with Gasteiger partial charge < -0.3 is 14.6 Å². The van der Waals surface area contributed by atoms with Gasteiger partial charge in [0.05, 0.1) is 13.8 Å². The number of azide groups is 1. The third-order valence-electron chi connectivity index (χ3n) is 6.77. The summed E-state index contributed by atoms with van der Waals surface area (Å²) in [6.07, 6.45) is 2.02. The molecule has 2 bridgehead atoms. The van der Waals surface area contributed by atoms with Crippen molar-refractivity contribution in [2.75, 3.05) is 27.4 Å². The number of Topliss-reactive ketones (excluding diaryl/α,β-unsaturated/α-hetero) is 1. The minimum absolute atomic E-state index is 0.0889. The van der Waals surface area contributed by atoms with Gasteiger partial charge in [0.2, 0.25) is 0 Å². The highest BCUT2D eigenvalue weighted by molar-refractivity contribution is 5.86. The molecule has 0 aromatic heterocycles. The summed E-state index contributed by atoms with van der Waals surface area (Å²) >= 11 is 0. The molecule has 0 radical (unpaired) electrons. The smallest absolute Gasteiger partial charge is 0.162 e. The van der Waals surface area contributed by atoms with Crippen molar-refractivity contribution in [1.82, 2.24) is 4.90 Å². The fourth-order valence-corrected chi connectivity index (χ4v) is 5.62. The maximum atomic E-state index is 12.8. The Morgan fingerprint density at radius 2 is 2.26 bits per heavy atom. The number of nitrogens with zero attached hydrogens (tertiary/aromatic N) is 4. The van der Waals surface area contributed by atoms with Crippen molar-refractivity contribution in [2.24, 2.45) is 11.0 Å². The number of fused-ring (bicyclic) bond motifs is 1. The second-order valence-electron chi connectivity index (χ2n) is 7.72. The zero-order chi connectivity index (χ0) is 19.2. The SMILES string of the molecule is COc1ccc2c(c1O)[C@@]13CCN(CN=[N+]=[N-])[C@@H](C2)[C@H]1CC(OC)C(=O)C3. The third-order valence-corrected chi connectivity index (χ3v) is 6.77. The molecule has 144 valence electrons. The van der Waals surface area contributed by atoms with Gasteiger partial charge >= 0.3 is 0 Å². The van der Waals surface area contributed by atoms with E-state index in [1.807, 2.05) is 6.07 Å². The first kappa shape index (κ1) is 18.1. The predicted molar refractivity (Wildman–Crippen MR) is 97.7 cm³/mol. The van der Waals surface area contributed by atoms with E-state index in [4.69, 9.17) is 15.0 Å². The number of likely N-dealkylation sites (tertiary alicyclic amines) is 1. The number of methoxy groups -OCH3 is 2. The molecule has 1 N–H and O–H groups in total. The minimum Gasteiger partial charge on any atom is -0.504 e. The molecule has 1 saturated carbocycles. The fraction of sp³-hybridized carbons (Fsp3) is 0.632. The molecule has 0 amide bonds. The van der Waals surface area contributed by atoms with E-state index in [1.54, 1.807) is 13.2 Å². The van der Waals surface area contributed by atoms with E-state index in [2.05, 4.69) is 14.9 Å². The molecule has 1 saturated heterocycles. The van der Waals surface area contributed by atoms with Crippen molar-refractivity contribution in [3.63, 3.8) is 0 Å². The lowest BCUT2D eigenvalue weighted by molar-refractivity contribution is -0.142. The summed E-state index contributed by atoms with van der Waals surface area (Å²) in [5.74, 6) is 0.836. The normalized spacial score (nSPS) is 32.2. The fourth-order valence-electron chi connectivity index (χ4n) is 5.62. The number of carbonyl (C=O) groups excluding carboxylic acids is 1. The number of rotatable bonds is 4. The topological polar surface area (TPSA) is 108 Å². The van der Waals surface area contributed by atoms with Gasteiger partial charge in [0.15, 0.2) is 17.3 Å². The van der Waals surface area contributed by atoms with Gasteiger partial charge in [-0.25, -0.2) is 0 Å². The van der Waals surface area contributed by atoms with Gasteiger partial charge in [-0.2, -0.15) is 0 Å². The largest absolute Gasteiger partial charge is 0.504 e. The molecule has 27 heavy (non-hydrogen) atoms. The molecular formula is C19H24N4O4. The van der Waals surface area contributed by atoms with Crippen LogP contribution in [-0.2, 0) is 21.4 Å². The average molecular weight is 372 g/mol. The van der Waals surface area contributed by atoms with Gasteiger partial charge in [0.25, 0.3) is 0 Å². The van der Waals surface area contributed by atoms with E-state index in [-0.39, 0.29) is 23.5 Å². The number of carbonyl (C=O) groups is 1. The maximum Gasteiger partial charge on any atom is 0.162 e. The highest BCUT2D eigenvalue weighted by Gasteiger charge is 2.58. The lowest BCUT2D eigenvalue weighted by Gasteiger charge is -2.59. The Bertz CT molecular complexity index is 822. The zero-order valence-corrected chi connectivity index (χ0v) is 15.6. The highest BCUT2D eigenvalue weighted by Crippen LogP contribution is 2.58. The molecule has 1 unspecified atom stereocenters. The molecule has 8 heteroatoms. The number of piperidine rings is 1. The van der Waals surface area contributed by atoms with Crippen LogP contribution in [-0.4, -0.2) is 55.4 Å². The van der Waals surface area contributed by atoms with Crippen molar-refractivity contribution in [2.45, 2.75) is 43.2 Å². The van der Waals surface area contributed by atoms with E-state index in [9.17, 15) is 9.90 Å².